The minimum Gasteiger partial charge on any atom is -0.357 e. The summed E-state index contributed by atoms with van der Waals surface area (Å²) in [6, 6.07) is 17.8. The number of para-hydroxylation sites is 1. The molecule has 0 bridgehead atoms. The molecule has 1 N–H and O–H groups in total. The van der Waals surface area contributed by atoms with Crippen LogP contribution in [0.25, 0.3) is 10.9 Å². The topological polar surface area (TPSA) is 19.0 Å². The maximum atomic E-state index is 3.65. The van der Waals surface area contributed by atoms with Crippen LogP contribution in [0, 0.1) is 3.57 Å². The highest BCUT2D eigenvalue weighted by Crippen LogP contribution is 2.35. The Morgan fingerprint density at radius 1 is 1.14 bits per heavy atom. The van der Waals surface area contributed by atoms with E-state index in [0.29, 0.717) is 6.04 Å². The molecule has 0 fully saturated rings. The summed E-state index contributed by atoms with van der Waals surface area (Å²) in [6.07, 6.45) is 1.13. The number of benzene rings is 2. The lowest BCUT2D eigenvalue weighted by molar-refractivity contribution is 0.186. The van der Waals surface area contributed by atoms with Gasteiger partial charge in [0, 0.05) is 39.3 Å². The quantitative estimate of drug-likeness (QED) is 0.605. The molecule has 0 spiro atoms. The van der Waals surface area contributed by atoms with E-state index in [1.807, 2.05) is 0 Å². The lowest BCUT2D eigenvalue weighted by Gasteiger charge is -2.33. The summed E-state index contributed by atoms with van der Waals surface area (Å²) in [5.74, 6) is 0. The zero-order chi connectivity index (χ0) is 15.1. The lowest BCUT2D eigenvalue weighted by Crippen LogP contribution is -2.33. The highest BCUT2D eigenvalue weighted by molar-refractivity contribution is 14.1. The van der Waals surface area contributed by atoms with Gasteiger partial charge in [-0.2, -0.15) is 0 Å². The van der Waals surface area contributed by atoms with Gasteiger partial charge in [0.1, 0.15) is 0 Å². The maximum Gasteiger partial charge on any atom is 0.0477 e. The second-order valence-electron chi connectivity index (χ2n) is 6.05. The van der Waals surface area contributed by atoms with Crippen molar-refractivity contribution in [3.63, 3.8) is 0 Å². The molecule has 4 rings (SSSR count). The number of aromatic amines is 1. The van der Waals surface area contributed by atoms with E-state index >= 15 is 0 Å². The van der Waals surface area contributed by atoms with Gasteiger partial charge < -0.3 is 4.98 Å². The molecular weight excluding hydrogens is 383 g/mol. The highest BCUT2D eigenvalue weighted by atomic mass is 127. The van der Waals surface area contributed by atoms with Crippen molar-refractivity contribution in [3.8, 4) is 0 Å². The first-order valence-electron chi connectivity index (χ1n) is 7.81. The van der Waals surface area contributed by atoms with Crippen LogP contribution in [0.2, 0.25) is 0 Å². The molecule has 3 heteroatoms. The minimum atomic E-state index is 0.437. The molecule has 1 aliphatic heterocycles. The summed E-state index contributed by atoms with van der Waals surface area (Å²) >= 11 is 2.44. The fraction of sp³-hybridized carbons (Fsp3) is 0.263. The Hall–Kier alpha value is -1.33. The number of hydrogen-bond donors (Lipinski definition) is 1. The Morgan fingerprint density at radius 2 is 1.91 bits per heavy atom. The third kappa shape index (κ3) is 2.36. The number of halogens is 1. The Balaban J connectivity index is 1.67. The van der Waals surface area contributed by atoms with Crippen molar-refractivity contribution in [3.05, 3.63) is 68.9 Å². The van der Waals surface area contributed by atoms with Crippen LogP contribution in [0.15, 0.2) is 48.5 Å². The van der Waals surface area contributed by atoms with Gasteiger partial charge in [0.05, 0.1) is 0 Å². The largest absolute Gasteiger partial charge is 0.357 e. The minimum absolute atomic E-state index is 0.437. The predicted molar refractivity (Wildman–Crippen MR) is 100.0 cm³/mol. The summed E-state index contributed by atoms with van der Waals surface area (Å²) in [5, 5.41) is 1.40. The van der Waals surface area contributed by atoms with Crippen LogP contribution in [0.1, 0.15) is 29.8 Å². The molecule has 0 saturated carbocycles. The van der Waals surface area contributed by atoms with Gasteiger partial charge >= 0.3 is 0 Å². The van der Waals surface area contributed by atoms with Crippen LogP contribution in [0.3, 0.4) is 0 Å². The fourth-order valence-electron chi connectivity index (χ4n) is 3.54. The SMILES string of the molecule is CC1c2[nH]c3ccccc3c2CCN1Cc1ccccc1I. The maximum absolute atomic E-state index is 3.65. The Morgan fingerprint density at radius 3 is 2.77 bits per heavy atom. The van der Waals surface area contributed by atoms with Gasteiger partial charge in [-0.05, 0) is 59.2 Å². The molecule has 2 aromatic carbocycles. The standard InChI is InChI=1S/C19H19IN2/c1-13-19-16(15-7-3-5-9-18(15)21-19)10-11-22(13)12-14-6-2-4-8-17(14)20/h2-9,13,21H,10-12H2,1H3. The third-order valence-electron chi connectivity index (χ3n) is 4.79. The third-order valence-corrected chi connectivity index (χ3v) is 5.84. The lowest BCUT2D eigenvalue weighted by atomic mass is 9.98. The summed E-state index contributed by atoms with van der Waals surface area (Å²) in [5.41, 5.74) is 5.62. The number of nitrogens with one attached hydrogen (secondary N) is 1. The Bertz CT molecular complexity index is 821. The van der Waals surface area contributed by atoms with Crippen LogP contribution < -0.4 is 0 Å². The Labute approximate surface area is 144 Å². The number of aromatic nitrogens is 1. The van der Waals surface area contributed by atoms with E-state index in [1.165, 1.54) is 31.3 Å². The molecule has 1 atom stereocenters. The van der Waals surface area contributed by atoms with Crippen LogP contribution in [0.5, 0.6) is 0 Å². The smallest absolute Gasteiger partial charge is 0.0477 e. The molecule has 0 amide bonds. The molecule has 3 aromatic rings. The summed E-state index contributed by atoms with van der Waals surface area (Å²) < 4.78 is 1.36. The first kappa shape index (κ1) is 14.3. The van der Waals surface area contributed by atoms with Crippen molar-refractivity contribution in [2.75, 3.05) is 6.54 Å². The molecule has 22 heavy (non-hydrogen) atoms. The van der Waals surface area contributed by atoms with Crippen LogP contribution in [-0.2, 0) is 13.0 Å². The van der Waals surface area contributed by atoms with Crippen LogP contribution in [0.4, 0.5) is 0 Å². The first-order chi connectivity index (χ1) is 10.7. The van der Waals surface area contributed by atoms with E-state index in [9.17, 15) is 0 Å². The number of nitrogens with zero attached hydrogens (tertiary/aromatic N) is 1. The van der Waals surface area contributed by atoms with Crippen LogP contribution in [-0.4, -0.2) is 16.4 Å². The normalized spacial score (nSPS) is 18.5. The average molecular weight is 402 g/mol. The van der Waals surface area contributed by atoms with Gasteiger partial charge in [0.2, 0.25) is 0 Å². The van der Waals surface area contributed by atoms with Crippen molar-refractivity contribution in [2.24, 2.45) is 0 Å². The molecule has 2 heterocycles. The van der Waals surface area contributed by atoms with E-state index in [0.717, 1.165) is 19.5 Å². The van der Waals surface area contributed by atoms with E-state index in [2.05, 4.69) is 87.9 Å². The summed E-state index contributed by atoms with van der Waals surface area (Å²) in [4.78, 5) is 6.23. The van der Waals surface area contributed by atoms with Crippen molar-refractivity contribution in [2.45, 2.75) is 25.9 Å². The second-order valence-corrected chi connectivity index (χ2v) is 7.21. The summed E-state index contributed by atoms with van der Waals surface area (Å²) in [7, 11) is 0. The van der Waals surface area contributed by atoms with Gasteiger partial charge in [0.15, 0.2) is 0 Å². The second kappa shape index (κ2) is 5.70. The number of fused-ring (bicyclic) bond motifs is 3. The van der Waals surface area contributed by atoms with E-state index in [1.54, 1.807) is 0 Å². The van der Waals surface area contributed by atoms with Gasteiger partial charge in [-0.15, -0.1) is 0 Å². The molecule has 2 nitrogen and oxygen atoms in total. The highest BCUT2D eigenvalue weighted by Gasteiger charge is 2.27. The molecule has 0 saturated heterocycles. The fourth-order valence-corrected chi connectivity index (χ4v) is 4.10. The van der Waals surface area contributed by atoms with Crippen molar-refractivity contribution in [1.29, 1.82) is 0 Å². The van der Waals surface area contributed by atoms with Crippen molar-refractivity contribution in [1.82, 2.24) is 9.88 Å². The molecule has 1 aromatic heterocycles. The van der Waals surface area contributed by atoms with Crippen molar-refractivity contribution < 1.29 is 0 Å². The zero-order valence-electron chi connectivity index (χ0n) is 12.6. The van der Waals surface area contributed by atoms with Crippen molar-refractivity contribution >= 4 is 33.5 Å². The molecule has 112 valence electrons. The average Bonchev–Trinajstić information content (AvgIpc) is 2.92. The molecular formula is C19H19IN2. The van der Waals surface area contributed by atoms with Gasteiger partial charge in [-0.25, -0.2) is 0 Å². The zero-order valence-corrected chi connectivity index (χ0v) is 14.8. The molecule has 1 aliphatic rings. The van der Waals surface area contributed by atoms with Crippen LogP contribution >= 0.6 is 22.6 Å². The van der Waals surface area contributed by atoms with Gasteiger partial charge in [-0.3, -0.25) is 4.90 Å². The number of rotatable bonds is 2. The van der Waals surface area contributed by atoms with Gasteiger partial charge in [0.25, 0.3) is 0 Å². The number of hydrogen-bond acceptors (Lipinski definition) is 1. The van der Waals surface area contributed by atoms with E-state index in [4.69, 9.17) is 0 Å². The van der Waals surface area contributed by atoms with E-state index in [-0.39, 0.29) is 0 Å². The molecule has 1 unspecified atom stereocenters. The first-order valence-corrected chi connectivity index (χ1v) is 8.89. The molecule has 0 radical (unpaired) electrons. The number of H-pyrrole nitrogens is 1. The predicted octanol–water partition coefficient (Wildman–Crippen LogP) is 4.89. The monoisotopic (exact) mass is 402 g/mol. The molecule has 0 aliphatic carbocycles. The Kier molecular flexibility index (Phi) is 3.70. The van der Waals surface area contributed by atoms with Gasteiger partial charge in [-0.1, -0.05) is 36.4 Å². The van der Waals surface area contributed by atoms with E-state index < -0.39 is 0 Å². The summed E-state index contributed by atoms with van der Waals surface area (Å²) in [6.45, 7) is 4.47.